The Kier molecular flexibility index (Phi) is 9.48. The molecule has 2 aromatic rings. The average Bonchev–Trinajstić information content (AvgIpc) is 2.64. The number of unbranched alkanes of at least 4 members (excludes halogenated alkanes) is 1. The number of rotatable bonds is 11. The van der Waals surface area contributed by atoms with Crippen molar-refractivity contribution in [1.29, 1.82) is 0 Å². The lowest BCUT2D eigenvalue weighted by Gasteiger charge is -2.25. The fraction of sp³-hybridized carbons (Fsp3) is 0.455. The van der Waals surface area contributed by atoms with Crippen molar-refractivity contribution in [2.75, 3.05) is 25.6 Å². The van der Waals surface area contributed by atoms with Gasteiger partial charge in [0, 0.05) is 18.2 Å². The van der Waals surface area contributed by atoms with E-state index in [4.69, 9.17) is 19.9 Å². The van der Waals surface area contributed by atoms with Crippen molar-refractivity contribution in [3.63, 3.8) is 0 Å². The molecule has 0 saturated heterocycles. The van der Waals surface area contributed by atoms with Crippen molar-refractivity contribution in [2.45, 2.75) is 38.7 Å². The van der Waals surface area contributed by atoms with E-state index in [9.17, 15) is 8.78 Å². The molecular weight excluding hydrogens is 400 g/mol. The Morgan fingerprint density at radius 2 is 1.76 bits per heavy atom. The van der Waals surface area contributed by atoms with Gasteiger partial charge in [-0.05, 0) is 61.9 Å². The Hall–Kier alpha value is -2.05. The van der Waals surface area contributed by atoms with Crippen LogP contribution >= 0.6 is 12.4 Å². The molecule has 1 aliphatic rings. The summed E-state index contributed by atoms with van der Waals surface area (Å²) < 4.78 is 43.4. The van der Waals surface area contributed by atoms with E-state index in [0.29, 0.717) is 30.6 Å². The van der Waals surface area contributed by atoms with Crippen LogP contribution in [0.4, 0.5) is 14.5 Å². The van der Waals surface area contributed by atoms with E-state index in [2.05, 4.69) is 0 Å². The minimum atomic E-state index is -0.467. The number of nitrogens with two attached hydrogens (primary N) is 1. The first-order valence-electron chi connectivity index (χ1n) is 9.78. The number of halogens is 3. The summed E-state index contributed by atoms with van der Waals surface area (Å²) in [5, 5.41) is 0. The molecule has 0 bridgehead atoms. The first kappa shape index (κ1) is 23.2. The molecule has 1 aliphatic carbocycles. The van der Waals surface area contributed by atoms with Crippen LogP contribution in [0.2, 0.25) is 0 Å². The minimum absolute atomic E-state index is 0. The predicted octanol–water partition coefficient (Wildman–Crippen LogP) is 5.52. The molecular formula is C22H28ClF2NO3. The van der Waals surface area contributed by atoms with E-state index in [0.717, 1.165) is 43.4 Å². The maximum Gasteiger partial charge on any atom is 0.142 e. The molecule has 0 amide bonds. The van der Waals surface area contributed by atoms with Crippen LogP contribution in [-0.2, 0) is 11.3 Å². The van der Waals surface area contributed by atoms with Crippen LogP contribution < -0.4 is 15.2 Å². The van der Waals surface area contributed by atoms with Gasteiger partial charge in [0.05, 0.1) is 25.5 Å². The molecule has 2 aromatic carbocycles. The summed E-state index contributed by atoms with van der Waals surface area (Å²) in [5.74, 6) is 1.16. The minimum Gasteiger partial charge on any atom is -0.493 e. The molecule has 4 nitrogen and oxygen atoms in total. The molecule has 160 valence electrons. The van der Waals surface area contributed by atoms with Gasteiger partial charge < -0.3 is 19.9 Å². The number of hydrogen-bond donors (Lipinski definition) is 1. The highest BCUT2D eigenvalue weighted by Gasteiger charge is 2.18. The van der Waals surface area contributed by atoms with Crippen molar-refractivity contribution >= 4 is 18.1 Å². The van der Waals surface area contributed by atoms with Gasteiger partial charge in [-0.15, -0.1) is 12.4 Å². The molecule has 3 rings (SSSR count). The highest BCUT2D eigenvalue weighted by atomic mass is 35.5. The van der Waals surface area contributed by atoms with E-state index in [-0.39, 0.29) is 24.6 Å². The Bertz CT molecular complexity index is 772. The maximum atomic E-state index is 13.5. The normalized spacial score (nSPS) is 13.4. The molecule has 0 spiro atoms. The Balaban J connectivity index is 0.00000300. The Morgan fingerprint density at radius 3 is 2.48 bits per heavy atom. The summed E-state index contributed by atoms with van der Waals surface area (Å²) in [4.78, 5) is 0. The SMILES string of the molecule is Cl.Nc1cc(OCC2CCC2)ccc1OCCCCOCc1cc(F)ccc1F. The number of hydrogen-bond acceptors (Lipinski definition) is 4. The molecule has 1 fully saturated rings. The smallest absolute Gasteiger partial charge is 0.142 e. The zero-order chi connectivity index (χ0) is 19.8. The zero-order valence-corrected chi connectivity index (χ0v) is 17.2. The first-order valence-corrected chi connectivity index (χ1v) is 9.78. The van der Waals surface area contributed by atoms with E-state index >= 15 is 0 Å². The highest BCUT2D eigenvalue weighted by Crippen LogP contribution is 2.30. The fourth-order valence-electron chi connectivity index (χ4n) is 2.95. The van der Waals surface area contributed by atoms with Gasteiger partial charge in [0.2, 0.25) is 0 Å². The summed E-state index contributed by atoms with van der Waals surface area (Å²) in [6, 6.07) is 8.85. The van der Waals surface area contributed by atoms with E-state index < -0.39 is 11.6 Å². The maximum absolute atomic E-state index is 13.5. The van der Waals surface area contributed by atoms with Gasteiger partial charge >= 0.3 is 0 Å². The number of ether oxygens (including phenoxy) is 3. The van der Waals surface area contributed by atoms with Crippen molar-refractivity contribution in [3.8, 4) is 11.5 Å². The largest absolute Gasteiger partial charge is 0.493 e. The van der Waals surface area contributed by atoms with Crippen LogP contribution in [0.3, 0.4) is 0 Å². The number of anilines is 1. The molecule has 0 atom stereocenters. The second kappa shape index (κ2) is 11.8. The molecule has 0 unspecified atom stereocenters. The third-order valence-electron chi connectivity index (χ3n) is 4.90. The lowest BCUT2D eigenvalue weighted by molar-refractivity contribution is 0.111. The quantitative estimate of drug-likeness (QED) is 0.378. The fourth-order valence-corrected chi connectivity index (χ4v) is 2.95. The molecule has 7 heteroatoms. The van der Waals surface area contributed by atoms with Gasteiger partial charge in [-0.1, -0.05) is 6.42 Å². The van der Waals surface area contributed by atoms with Gasteiger partial charge in [-0.2, -0.15) is 0 Å². The van der Waals surface area contributed by atoms with Crippen LogP contribution in [0.25, 0.3) is 0 Å². The van der Waals surface area contributed by atoms with Crippen molar-refractivity contribution < 1.29 is 23.0 Å². The summed E-state index contributed by atoms with van der Waals surface area (Å²) >= 11 is 0. The monoisotopic (exact) mass is 427 g/mol. The predicted molar refractivity (Wildman–Crippen MR) is 112 cm³/mol. The van der Waals surface area contributed by atoms with Crippen LogP contribution in [0.15, 0.2) is 36.4 Å². The summed E-state index contributed by atoms with van der Waals surface area (Å²) in [7, 11) is 0. The molecule has 2 N–H and O–H groups in total. The topological polar surface area (TPSA) is 53.7 Å². The third-order valence-corrected chi connectivity index (χ3v) is 4.90. The Morgan fingerprint density at radius 1 is 0.966 bits per heavy atom. The van der Waals surface area contributed by atoms with Crippen LogP contribution in [-0.4, -0.2) is 19.8 Å². The van der Waals surface area contributed by atoms with Crippen LogP contribution in [0, 0.1) is 17.6 Å². The third kappa shape index (κ3) is 7.37. The van der Waals surface area contributed by atoms with Crippen LogP contribution in [0.5, 0.6) is 11.5 Å². The van der Waals surface area contributed by atoms with Gasteiger partial charge in [-0.3, -0.25) is 0 Å². The standard InChI is InChI=1S/C22H27F2NO3.ClH/c23-18-6-8-20(24)17(12-18)15-26-10-1-2-11-27-22-9-7-19(13-21(22)25)28-14-16-4-3-5-16;/h6-9,12-13,16H,1-5,10-11,14-15,25H2;1H. The van der Waals surface area contributed by atoms with Gasteiger partial charge in [0.25, 0.3) is 0 Å². The molecule has 29 heavy (non-hydrogen) atoms. The zero-order valence-electron chi connectivity index (χ0n) is 16.4. The summed E-state index contributed by atoms with van der Waals surface area (Å²) in [6.07, 6.45) is 5.31. The highest BCUT2D eigenvalue weighted by molar-refractivity contribution is 5.85. The van der Waals surface area contributed by atoms with Crippen molar-refractivity contribution in [2.24, 2.45) is 5.92 Å². The average molecular weight is 428 g/mol. The van der Waals surface area contributed by atoms with E-state index in [1.807, 2.05) is 12.1 Å². The van der Waals surface area contributed by atoms with Crippen molar-refractivity contribution in [1.82, 2.24) is 0 Å². The van der Waals surface area contributed by atoms with Gasteiger partial charge in [0.15, 0.2) is 0 Å². The second-order valence-corrected chi connectivity index (χ2v) is 7.15. The lowest BCUT2D eigenvalue weighted by Crippen LogP contribution is -2.19. The molecule has 0 heterocycles. The first-order chi connectivity index (χ1) is 13.6. The van der Waals surface area contributed by atoms with E-state index in [1.165, 1.54) is 19.3 Å². The van der Waals surface area contributed by atoms with Gasteiger partial charge in [-0.25, -0.2) is 8.78 Å². The molecule has 0 aromatic heterocycles. The number of benzene rings is 2. The molecule has 0 radical (unpaired) electrons. The lowest BCUT2D eigenvalue weighted by atomic mass is 9.86. The second-order valence-electron chi connectivity index (χ2n) is 7.15. The van der Waals surface area contributed by atoms with E-state index in [1.54, 1.807) is 6.07 Å². The summed E-state index contributed by atoms with van der Waals surface area (Å²) in [6.45, 7) is 1.76. The molecule has 1 saturated carbocycles. The number of nitrogen functional groups attached to an aromatic ring is 1. The van der Waals surface area contributed by atoms with Crippen molar-refractivity contribution in [3.05, 3.63) is 53.6 Å². The van der Waals surface area contributed by atoms with Crippen LogP contribution in [0.1, 0.15) is 37.7 Å². The Labute approximate surface area is 176 Å². The molecule has 0 aliphatic heterocycles. The summed E-state index contributed by atoms with van der Waals surface area (Å²) in [5.41, 5.74) is 6.82. The van der Waals surface area contributed by atoms with Gasteiger partial charge in [0.1, 0.15) is 23.1 Å².